The van der Waals surface area contributed by atoms with Crippen LogP contribution in [0.25, 0.3) is 39.1 Å². The molecule has 0 amide bonds. The third kappa shape index (κ3) is 11.1. The van der Waals surface area contributed by atoms with Gasteiger partial charge in [0, 0.05) is 44.5 Å². The summed E-state index contributed by atoms with van der Waals surface area (Å²) < 4.78 is 473. The number of aliphatic imine (C=N–C) groups is 6. The van der Waals surface area contributed by atoms with Crippen LogP contribution in [-0.4, -0.2) is 51.3 Å². The molecule has 2 N–H and O–H groups in total. The van der Waals surface area contributed by atoms with Crippen molar-refractivity contribution in [3.8, 4) is 0 Å². The van der Waals surface area contributed by atoms with Crippen molar-refractivity contribution in [2.45, 2.75) is 12.1 Å². The molecule has 16 bridgehead atoms. The summed E-state index contributed by atoms with van der Waals surface area (Å²) in [6.45, 7) is 0. The lowest BCUT2D eigenvalue weighted by Gasteiger charge is -2.20. The summed E-state index contributed by atoms with van der Waals surface area (Å²) in [6, 6.07) is -2.67. The van der Waals surface area contributed by atoms with Gasteiger partial charge in [0.1, 0.15) is 6.04 Å². The summed E-state index contributed by atoms with van der Waals surface area (Å²) in [7, 11) is 0. The van der Waals surface area contributed by atoms with Gasteiger partial charge in [0.15, 0.2) is 140 Å². The Morgan fingerprint density at radius 1 is 0.223 bits per heavy atom. The number of fused-ring (bicyclic) bond motifs is 11. The zero-order valence-corrected chi connectivity index (χ0v) is 53.4. The molecule has 112 heavy (non-hydrogen) atoms. The molecule has 2 atom stereocenters. The summed E-state index contributed by atoms with van der Waals surface area (Å²) >= 11 is 0. The molecule has 8 aliphatic heterocycles. The van der Waals surface area contributed by atoms with Crippen molar-refractivity contribution in [2.24, 2.45) is 30.0 Å². The first-order valence-electron chi connectivity index (χ1n) is 30.9. The van der Waals surface area contributed by atoms with Gasteiger partial charge in [-0.3, -0.25) is 9.98 Å². The van der Waals surface area contributed by atoms with Crippen LogP contribution in [0, 0.1) is 175 Å². The minimum atomic E-state index is -2.86. The molecule has 0 aliphatic carbocycles. The molecule has 15 rings (SSSR count). The van der Waals surface area contributed by atoms with E-state index in [9.17, 15) is 26.3 Å². The van der Waals surface area contributed by atoms with E-state index in [1.807, 2.05) is 0 Å². The van der Waals surface area contributed by atoms with Crippen LogP contribution in [0.3, 0.4) is 0 Å². The van der Waals surface area contributed by atoms with Crippen LogP contribution in [-0.2, 0) is 0 Å². The zero-order valence-electron chi connectivity index (χ0n) is 53.4. The van der Waals surface area contributed by atoms with E-state index in [2.05, 4.69) is 40.3 Å². The van der Waals surface area contributed by atoms with Crippen LogP contribution < -0.4 is 16.0 Å². The van der Waals surface area contributed by atoms with Gasteiger partial charge in [-0.05, 0) is 85.0 Å². The predicted octanol–water partition coefficient (Wildman–Crippen LogP) is 17.5. The topological polar surface area (TPSA) is 102 Å². The highest BCUT2D eigenvalue weighted by molar-refractivity contribution is 6.39. The maximum Gasteiger partial charge on any atom is 0.200 e. The fraction of sp³-hybridized carbons (Fsp3) is 0.0270. The number of aromatic amines is 1. The van der Waals surface area contributed by atoms with E-state index in [1.54, 1.807) is 0 Å². The van der Waals surface area contributed by atoms with Gasteiger partial charge in [0.25, 0.3) is 0 Å². The molecule has 1 aromatic heterocycles. The number of H-pyrrole nitrogens is 1. The number of hydrogen-bond donors (Lipinski definition) is 2. The average Bonchev–Trinajstić information content (AvgIpc) is 1.60. The minimum Gasteiger partial charge on any atom is -0.374 e. The Hall–Kier alpha value is -13.1. The largest absolute Gasteiger partial charge is 0.374 e. The molecular formula is C74H20F30N8. The quantitative estimate of drug-likeness (QED) is 0.0967. The lowest BCUT2D eigenvalue weighted by Crippen LogP contribution is -2.31. The SMILES string of the molecule is Fc1c(F)c(F)c(C2=C3C=CC(=N3)/C(c3c(F)c(F)c(F)c(F)c3F)=C3/C=CC(=N3)C3C=CC(=N3)/C(c3c(F)c(F)c(F)c(F)c3F)=C3/C=CC(=N3)C(c3c(F)c(F)c(F)c(F)c3F)=C3C=CC(N3)/C(c3c(F)c(F)c(F)c(F)c3F)=c3/cc/c([nH]3)=C3\C=CC(=N3)/C(c3c(F)c(F)c(F)c(F)c3F)=C3/C=CC2=N3)c(F)c1F. The Balaban J connectivity index is 1.07. The van der Waals surface area contributed by atoms with Crippen molar-refractivity contribution in [1.29, 1.82) is 0 Å². The molecule has 0 fully saturated rings. The normalized spacial score (nSPS) is 20.7. The monoisotopic (exact) mass is 1590 g/mol. The van der Waals surface area contributed by atoms with Crippen molar-refractivity contribution in [2.75, 3.05) is 0 Å². The van der Waals surface area contributed by atoms with Gasteiger partial charge in [-0.25, -0.2) is 152 Å². The molecule has 0 saturated heterocycles. The number of benzene rings is 6. The van der Waals surface area contributed by atoms with Gasteiger partial charge < -0.3 is 10.3 Å². The Bertz CT molecular complexity index is 6280. The highest BCUT2D eigenvalue weighted by Gasteiger charge is 2.42. The van der Waals surface area contributed by atoms with Crippen LogP contribution in [0.2, 0.25) is 0 Å². The van der Waals surface area contributed by atoms with Crippen molar-refractivity contribution in [3.05, 3.63) is 344 Å². The van der Waals surface area contributed by atoms with E-state index in [1.165, 1.54) is 0 Å². The van der Waals surface area contributed by atoms with Gasteiger partial charge in [-0.15, -0.1) is 0 Å². The van der Waals surface area contributed by atoms with Crippen molar-refractivity contribution in [1.82, 2.24) is 10.3 Å². The van der Waals surface area contributed by atoms with Crippen LogP contribution in [0.15, 0.2) is 156 Å². The van der Waals surface area contributed by atoms with Crippen LogP contribution in [0.1, 0.15) is 33.4 Å². The molecule has 8 aliphatic rings. The van der Waals surface area contributed by atoms with E-state index in [0.717, 1.165) is 30.4 Å². The number of nitrogens with zero attached hydrogens (tertiary/aromatic N) is 6. The molecule has 8 nitrogen and oxygen atoms in total. The average molecular weight is 1590 g/mol. The summed E-state index contributed by atoms with van der Waals surface area (Å²) in [5.74, 6) is -82.6. The van der Waals surface area contributed by atoms with Crippen molar-refractivity contribution >= 4 is 73.4 Å². The first-order valence-corrected chi connectivity index (χ1v) is 30.9. The van der Waals surface area contributed by atoms with Crippen molar-refractivity contribution in [3.63, 3.8) is 0 Å². The summed E-state index contributed by atoms with van der Waals surface area (Å²) in [4.78, 5) is 26.9. The van der Waals surface area contributed by atoms with Crippen LogP contribution >= 0.6 is 0 Å². The number of halogens is 30. The van der Waals surface area contributed by atoms with E-state index >= 15 is 105 Å². The standard InChI is InChI=1S/C74H20F30N8/c75-45-39(46(76)58(88)69(99)57(45)87)33-21-5-1-17(105-21)18-2-6-22(106-18)34(40-47(77)59(89)70(100)60(90)48(40)78)26-10-14-31(110-26)38(44-55(85)67(97)74(104)68(98)56(44)86)32-16-12-28(112-32)36(42-51(81)63(93)72(102)64(94)52(42)82)24-8-4-20(108-24)19-3-7-23(107-19)35(41-49(79)61(91)71(101)62(92)50(41)80)27-11-15-30(111-27)37(29-13-9-25(33)109-29)43-53(83)65(95)73(103)66(96)54(43)84/h1-17,27,107,111H/b20-19-,33-25+,34-22+,35-23+,36-28+,37-30?,38-31?. The van der Waals surface area contributed by atoms with Gasteiger partial charge in [-0.1, -0.05) is 12.2 Å². The fourth-order valence-corrected chi connectivity index (χ4v) is 12.8. The maximum absolute atomic E-state index is 16.5. The number of allylic oxidation sites excluding steroid dienone is 15. The smallest absolute Gasteiger partial charge is 0.200 e. The molecule has 6 aromatic carbocycles. The Morgan fingerprint density at radius 3 is 0.848 bits per heavy atom. The molecule has 2 unspecified atom stereocenters. The second-order valence-electron chi connectivity index (χ2n) is 24.1. The molecule has 0 radical (unpaired) electrons. The molecule has 9 heterocycles. The Morgan fingerprint density at radius 2 is 0.491 bits per heavy atom. The number of hydrogen-bond acceptors (Lipinski definition) is 7. The van der Waals surface area contributed by atoms with E-state index in [0.29, 0.717) is 66.8 Å². The fourth-order valence-electron chi connectivity index (χ4n) is 12.8. The number of nitrogens with one attached hydrogen (secondary N) is 2. The summed E-state index contributed by atoms with van der Waals surface area (Å²) in [6.07, 6.45) is 8.55. The molecule has 566 valence electrons. The lowest BCUT2D eigenvalue weighted by atomic mass is 9.96. The van der Waals surface area contributed by atoms with E-state index < -0.39 is 333 Å². The lowest BCUT2D eigenvalue weighted by molar-refractivity contribution is 0.375. The number of rotatable bonds is 6. The van der Waals surface area contributed by atoms with Crippen LogP contribution in [0.5, 0.6) is 0 Å². The molecule has 38 heteroatoms. The predicted molar refractivity (Wildman–Crippen MR) is 337 cm³/mol. The van der Waals surface area contributed by atoms with Gasteiger partial charge >= 0.3 is 0 Å². The minimum absolute atomic E-state index is 0.475. The Kier molecular flexibility index (Phi) is 17.9. The molecule has 0 spiro atoms. The summed E-state index contributed by atoms with van der Waals surface area (Å²) in [5, 5.41) is 0.851. The molecule has 0 saturated carbocycles. The maximum atomic E-state index is 16.5. The second-order valence-corrected chi connectivity index (χ2v) is 24.1. The highest BCUT2D eigenvalue weighted by Crippen LogP contribution is 2.45. The van der Waals surface area contributed by atoms with Crippen molar-refractivity contribution < 1.29 is 132 Å². The van der Waals surface area contributed by atoms with Gasteiger partial charge in [0.05, 0.1) is 108 Å². The molecule has 7 aromatic rings. The van der Waals surface area contributed by atoms with E-state index in [4.69, 9.17) is 0 Å². The third-order valence-electron chi connectivity index (χ3n) is 17.9. The third-order valence-corrected chi connectivity index (χ3v) is 17.9. The summed E-state index contributed by atoms with van der Waals surface area (Å²) in [5.41, 5.74) is -33.1. The number of aromatic nitrogens is 1. The van der Waals surface area contributed by atoms with E-state index in [-0.39, 0.29) is 0 Å². The Labute approximate surface area is 600 Å². The van der Waals surface area contributed by atoms with Gasteiger partial charge in [-0.2, -0.15) is 0 Å². The first-order chi connectivity index (χ1) is 53.1. The van der Waals surface area contributed by atoms with Crippen LogP contribution in [0.4, 0.5) is 132 Å². The zero-order chi connectivity index (χ0) is 80.5. The first kappa shape index (κ1) is 74.4. The van der Waals surface area contributed by atoms with Gasteiger partial charge in [0.2, 0.25) is 34.9 Å². The second kappa shape index (κ2) is 26.9. The molecular weight excluding hydrogens is 1570 g/mol. The highest BCUT2D eigenvalue weighted by atomic mass is 19.2.